The molecule has 3 aromatic carbocycles. The maximum atomic E-state index is 13.4. The van der Waals surface area contributed by atoms with Gasteiger partial charge in [0.05, 0.1) is 33.4 Å². The quantitative estimate of drug-likeness (QED) is 0.107. The number of nitrogens with zero attached hydrogens (tertiary/aromatic N) is 3. The first kappa shape index (κ1) is 24.4. The number of ketones is 1. The Morgan fingerprint density at radius 2 is 1.92 bits per heavy atom. The standard InChI is InChI=1S/C26H18ClN3O6S/c1-2-36-18-10-11-19-20(13-18)37-26(28-19)29-22(15-4-3-5-17(12-15)30(34)35)21(24(32)25(29)33)23(31)14-6-8-16(27)9-7-14/h3-13,22,31H,2H2,1H3/b23-21+/t22-/m1/s1. The monoisotopic (exact) mass is 535 g/mol. The van der Waals surface area contributed by atoms with Gasteiger partial charge in [-0.25, -0.2) is 4.98 Å². The second kappa shape index (κ2) is 9.64. The Hall–Kier alpha value is -4.28. The molecule has 1 amide bonds. The maximum absolute atomic E-state index is 13.4. The molecule has 0 aliphatic carbocycles. The van der Waals surface area contributed by atoms with Gasteiger partial charge in [-0.3, -0.25) is 24.6 Å². The number of carbonyl (C=O) groups excluding carboxylic acids is 2. The molecule has 0 unspecified atom stereocenters. The molecule has 186 valence electrons. The molecular weight excluding hydrogens is 518 g/mol. The summed E-state index contributed by atoms with van der Waals surface area (Å²) in [4.78, 5) is 43.3. The molecule has 37 heavy (non-hydrogen) atoms. The van der Waals surface area contributed by atoms with Gasteiger partial charge in [-0.1, -0.05) is 35.1 Å². The molecule has 1 N–H and O–H groups in total. The number of amides is 1. The fourth-order valence-electron chi connectivity index (χ4n) is 4.17. The van der Waals surface area contributed by atoms with E-state index in [0.717, 1.165) is 4.70 Å². The average Bonchev–Trinajstić information content (AvgIpc) is 3.42. The van der Waals surface area contributed by atoms with Gasteiger partial charge in [0.15, 0.2) is 5.13 Å². The lowest BCUT2D eigenvalue weighted by molar-refractivity contribution is -0.384. The van der Waals surface area contributed by atoms with E-state index >= 15 is 0 Å². The van der Waals surface area contributed by atoms with E-state index < -0.39 is 28.4 Å². The summed E-state index contributed by atoms with van der Waals surface area (Å²) in [6.45, 7) is 2.34. The summed E-state index contributed by atoms with van der Waals surface area (Å²) in [5.41, 5.74) is 0.699. The van der Waals surface area contributed by atoms with Gasteiger partial charge < -0.3 is 9.84 Å². The third-order valence-corrected chi connectivity index (χ3v) is 7.09. The highest BCUT2D eigenvalue weighted by Crippen LogP contribution is 2.45. The van der Waals surface area contributed by atoms with Crippen molar-refractivity contribution in [1.82, 2.24) is 4.98 Å². The van der Waals surface area contributed by atoms with E-state index in [1.54, 1.807) is 36.4 Å². The van der Waals surface area contributed by atoms with Crippen molar-refractivity contribution in [2.24, 2.45) is 0 Å². The highest BCUT2D eigenvalue weighted by atomic mass is 35.5. The number of halogens is 1. The fourth-order valence-corrected chi connectivity index (χ4v) is 5.32. The summed E-state index contributed by atoms with van der Waals surface area (Å²) in [6.07, 6.45) is 0. The third-order valence-electron chi connectivity index (χ3n) is 5.82. The van der Waals surface area contributed by atoms with Gasteiger partial charge in [0, 0.05) is 22.7 Å². The normalized spacial score (nSPS) is 16.9. The molecule has 0 saturated carbocycles. The molecule has 1 saturated heterocycles. The third kappa shape index (κ3) is 4.41. The summed E-state index contributed by atoms with van der Waals surface area (Å²) in [5.74, 6) is -1.63. The lowest BCUT2D eigenvalue weighted by Crippen LogP contribution is -2.29. The van der Waals surface area contributed by atoms with Crippen LogP contribution in [0, 0.1) is 10.1 Å². The van der Waals surface area contributed by atoms with Crippen molar-refractivity contribution in [3.63, 3.8) is 0 Å². The molecule has 1 aromatic heterocycles. The molecule has 1 atom stereocenters. The minimum absolute atomic E-state index is 0.206. The van der Waals surface area contributed by atoms with Crippen molar-refractivity contribution in [2.45, 2.75) is 13.0 Å². The van der Waals surface area contributed by atoms with Gasteiger partial charge in [0.2, 0.25) is 0 Å². The lowest BCUT2D eigenvalue weighted by Gasteiger charge is -2.22. The van der Waals surface area contributed by atoms with Crippen LogP contribution >= 0.6 is 22.9 Å². The molecule has 1 fully saturated rings. The smallest absolute Gasteiger partial charge is 0.301 e. The van der Waals surface area contributed by atoms with Crippen molar-refractivity contribution < 1.29 is 24.4 Å². The number of ether oxygens (including phenoxy) is 1. The van der Waals surface area contributed by atoms with E-state index in [2.05, 4.69) is 4.98 Å². The number of thiazole rings is 1. The van der Waals surface area contributed by atoms with E-state index in [1.165, 1.54) is 46.6 Å². The molecule has 2 heterocycles. The van der Waals surface area contributed by atoms with E-state index in [4.69, 9.17) is 16.3 Å². The van der Waals surface area contributed by atoms with Gasteiger partial charge >= 0.3 is 5.91 Å². The van der Waals surface area contributed by atoms with Crippen molar-refractivity contribution in [3.05, 3.63) is 98.6 Å². The Morgan fingerprint density at radius 3 is 2.62 bits per heavy atom. The number of rotatable bonds is 6. The Kier molecular flexibility index (Phi) is 6.36. The van der Waals surface area contributed by atoms with Crippen LogP contribution in [0.15, 0.2) is 72.3 Å². The Morgan fingerprint density at radius 1 is 1.16 bits per heavy atom. The van der Waals surface area contributed by atoms with Gasteiger partial charge in [0.1, 0.15) is 11.5 Å². The molecule has 0 bridgehead atoms. The van der Waals surface area contributed by atoms with E-state index in [1.807, 2.05) is 6.92 Å². The number of non-ortho nitro benzene ring substituents is 1. The molecular formula is C26H18ClN3O6S. The van der Waals surface area contributed by atoms with E-state index in [9.17, 15) is 24.8 Å². The lowest BCUT2D eigenvalue weighted by atomic mass is 9.95. The van der Waals surface area contributed by atoms with Crippen molar-refractivity contribution >= 4 is 61.4 Å². The number of aliphatic hydroxyl groups is 1. The topological polar surface area (TPSA) is 123 Å². The first-order chi connectivity index (χ1) is 17.8. The number of nitro groups is 1. The maximum Gasteiger partial charge on any atom is 0.301 e. The molecule has 0 spiro atoms. The molecule has 9 nitrogen and oxygen atoms in total. The Labute approximate surface area is 219 Å². The minimum atomic E-state index is -1.15. The SMILES string of the molecule is CCOc1ccc2nc(N3C(=O)C(=O)/C(=C(/O)c4ccc(Cl)cc4)[C@H]3c3cccc([N+](=O)[O-])c3)sc2c1. The van der Waals surface area contributed by atoms with Gasteiger partial charge in [-0.2, -0.15) is 0 Å². The average molecular weight is 536 g/mol. The molecule has 5 rings (SSSR count). The number of anilines is 1. The molecule has 11 heteroatoms. The number of Topliss-reactive ketones (excluding diaryl/α,β-unsaturated/α-hetero) is 1. The van der Waals surface area contributed by atoms with Gasteiger partial charge in [0.25, 0.3) is 11.5 Å². The van der Waals surface area contributed by atoms with Crippen molar-refractivity contribution in [2.75, 3.05) is 11.5 Å². The van der Waals surface area contributed by atoms with Crippen LogP contribution in [0.3, 0.4) is 0 Å². The summed E-state index contributed by atoms with van der Waals surface area (Å²) in [7, 11) is 0. The number of carbonyl (C=O) groups is 2. The predicted molar refractivity (Wildman–Crippen MR) is 140 cm³/mol. The Balaban J connectivity index is 1.71. The Bertz CT molecular complexity index is 1600. The largest absolute Gasteiger partial charge is 0.507 e. The number of hydrogen-bond donors (Lipinski definition) is 1. The van der Waals surface area contributed by atoms with Crippen LogP contribution in [-0.2, 0) is 9.59 Å². The number of hydrogen-bond acceptors (Lipinski definition) is 8. The van der Waals surface area contributed by atoms with Crippen LogP contribution in [0.4, 0.5) is 10.8 Å². The minimum Gasteiger partial charge on any atom is -0.507 e. The number of benzene rings is 3. The molecule has 1 aliphatic rings. The van der Waals surface area contributed by atoms with Crippen LogP contribution in [0.5, 0.6) is 5.75 Å². The number of nitro benzene ring substituents is 1. The zero-order chi connectivity index (χ0) is 26.3. The van der Waals surface area contributed by atoms with Crippen molar-refractivity contribution in [3.8, 4) is 5.75 Å². The van der Waals surface area contributed by atoms with Crippen LogP contribution < -0.4 is 9.64 Å². The summed E-state index contributed by atoms with van der Waals surface area (Å²) < 4.78 is 6.27. The number of aromatic nitrogens is 1. The highest BCUT2D eigenvalue weighted by Gasteiger charge is 2.48. The van der Waals surface area contributed by atoms with Crippen LogP contribution in [-0.4, -0.2) is 33.3 Å². The molecule has 4 aromatic rings. The zero-order valence-corrected chi connectivity index (χ0v) is 20.8. The summed E-state index contributed by atoms with van der Waals surface area (Å²) in [5, 5.41) is 23.3. The predicted octanol–water partition coefficient (Wildman–Crippen LogP) is 5.88. The molecule has 0 radical (unpaired) electrons. The zero-order valence-electron chi connectivity index (χ0n) is 19.3. The van der Waals surface area contributed by atoms with Crippen molar-refractivity contribution in [1.29, 1.82) is 0 Å². The van der Waals surface area contributed by atoms with E-state index in [0.29, 0.717) is 22.9 Å². The second-order valence-corrected chi connectivity index (χ2v) is 9.53. The van der Waals surface area contributed by atoms with Crippen LogP contribution in [0.1, 0.15) is 24.1 Å². The highest BCUT2D eigenvalue weighted by molar-refractivity contribution is 7.22. The van der Waals surface area contributed by atoms with Gasteiger partial charge in [-0.05, 0) is 55.0 Å². The fraction of sp³-hybridized carbons (Fsp3) is 0.115. The van der Waals surface area contributed by atoms with Crippen LogP contribution in [0.2, 0.25) is 5.02 Å². The first-order valence-corrected chi connectivity index (χ1v) is 12.3. The van der Waals surface area contributed by atoms with E-state index in [-0.39, 0.29) is 27.5 Å². The van der Waals surface area contributed by atoms with Crippen LogP contribution in [0.25, 0.3) is 16.0 Å². The van der Waals surface area contributed by atoms with Gasteiger partial charge in [-0.15, -0.1) is 0 Å². The summed E-state index contributed by atoms with van der Waals surface area (Å²) >= 11 is 7.13. The molecule has 1 aliphatic heterocycles. The number of fused-ring (bicyclic) bond motifs is 1. The number of aliphatic hydroxyl groups excluding tert-OH is 1. The summed E-state index contributed by atoms with van der Waals surface area (Å²) in [6, 6.07) is 15.8. The first-order valence-electron chi connectivity index (χ1n) is 11.1. The second-order valence-electron chi connectivity index (χ2n) is 8.09.